The number of rotatable bonds is 7. The monoisotopic (exact) mass is 231 g/mol. The molecule has 0 saturated carbocycles. The summed E-state index contributed by atoms with van der Waals surface area (Å²) in [5, 5.41) is 8.77. The fraction of sp³-hybridized carbons (Fsp3) is 0.909. The third kappa shape index (κ3) is 4.89. The molecular weight excluding hydrogens is 210 g/mol. The van der Waals surface area contributed by atoms with Crippen LogP contribution in [0.25, 0.3) is 0 Å². The van der Waals surface area contributed by atoms with E-state index in [4.69, 9.17) is 5.11 Å². The SMILES string of the molecule is CSCCCCN1CCCC1CC(=O)O. The number of thioether (sulfide) groups is 1. The molecule has 1 N–H and O–H groups in total. The molecule has 1 aliphatic rings. The molecule has 1 fully saturated rings. The zero-order chi connectivity index (χ0) is 11.1. The largest absolute Gasteiger partial charge is 0.481 e. The van der Waals surface area contributed by atoms with Gasteiger partial charge in [0.15, 0.2) is 0 Å². The van der Waals surface area contributed by atoms with Gasteiger partial charge in [0, 0.05) is 6.04 Å². The van der Waals surface area contributed by atoms with Crippen molar-refractivity contribution < 1.29 is 9.90 Å². The van der Waals surface area contributed by atoms with Crippen LogP contribution in [0.5, 0.6) is 0 Å². The van der Waals surface area contributed by atoms with Gasteiger partial charge in [-0.2, -0.15) is 11.8 Å². The average Bonchev–Trinajstić information content (AvgIpc) is 2.59. The van der Waals surface area contributed by atoms with E-state index in [1.54, 1.807) is 0 Å². The highest BCUT2D eigenvalue weighted by molar-refractivity contribution is 7.98. The minimum Gasteiger partial charge on any atom is -0.481 e. The molecule has 1 rings (SSSR count). The van der Waals surface area contributed by atoms with E-state index in [9.17, 15) is 4.79 Å². The molecule has 1 heterocycles. The molecule has 1 atom stereocenters. The second-order valence-electron chi connectivity index (χ2n) is 4.13. The third-order valence-electron chi connectivity index (χ3n) is 2.95. The Morgan fingerprint density at radius 2 is 2.33 bits per heavy atom. The molecule has 0 amide bonds. The first kappa shape index (κ1) is 12.8. The zero-order valence-corrected chi connectivity index (χ0v) is 10.3. The molecular formula is C11H21NO2S. The fourth-order valence-electron chi connectivity index (χ4n) is 2.18. The predicted molar refractivity (Wildman–Crippen MR) is 64.5 cm³/mol. The molecule has 1 aliphatic heterocycles. The standard InChI is InChI=1S/C11H21NO2S/c1-15-8-3-2-6-12-7-4-5-10(12)9-11(13)14/h10H,2-9H2,1H3,(H,13,14). The smallest absolute Gasteiger partial charge is 0.304 e. The van der Waals surface area contributed by atoms with Crippen LogP contribution in [0.15, 0.2) is 0 Å². The number of carboxylic acids is 1. The molecule has 1 saturated heterocycles. The number of hydrogen-bond acceptors (Lipinski definition) is 3. The van der Waals surface area contributed by atoms with Crippen molar-refractivity contribution in [3.05, 3.63) is 0 Å². The Balaban J connectivity index is 2.18. The van der Waals surface area contributed by atoms with Crippen LogP contribution in [0.1, 0.15) is 32.1 Å². The highest BCUT2D eigenvalue weighted by Crippen LogP contribution is 2.20. The van der Waals surface area contributed by atoms with E-state index in [1.165, 1.54) is 25.0 Å². The summed E-state index contributed by atoms with van der Waals surface area (Å²) in [6.45, 7) is 2.18. The van der Waals surface area contributed by atoms with Crippen LogP contribution in [0.2, 0.25) is 0 Å². The maximum Gasteiger partial charge on any atom is 0.304 e. The van der Waals surface area contributed by atoms with E-state index in [1.807, 2.05) is 11.8 Å². The van der Waals surface area contributed by atoms with Crippen LogP contribution in [0.3, 0.4) is 0 Å². The first-order valence-electron chi connectivity index (χ1n) is 5.69. The van der Waals surface area contributed by atoms with Crippen molar-refractivity contribution in [1.82, 2.24) is 4.90 Å². The van der Waals surface area contributed by atoms with Crippen molar-refractivity contribution in [3.8, 4) is 0 Å². The first-order chi connectivity index (χ1) is 7.24. The topological polar surface area (TPSA) is 40.5 Å². The van der Waals surface area contributed by atoms with Crippen molar-refractivity contribution in [1.29, 1.82) is 0 Å². The number of likely N-dealkylation sites (tertiary alicyclic amines) is 1. The van der Waals surface area contributed by atoms with E-state index in [2.05, 4.69) is 11.2 Å². The van der Waals surface area contributed by atoms with Crippen LogP contribution < -0.4 is 0 Å². The third-order valence-corrected chi connectivity index (χ3v) is 3.65. The fourth-order valence-corrected chi connectivity index (χ4v) is 2.68. The Labute approximate surface area is 96.2 Å². The Morgan fingerprint density at radius 1 is 1.53 bits per heavy atom. The van der Waals surface area contributed by atoms with Crippen LogP contribution in [0, 0.1) is 0 Å². The first-order valence-corrected chi connectivity index (χ1v) is 7.08. The lowest BCUT2D eigenvalue weighted by Crippen LogP contribution is -2.32. The van der Waals surface area contributed by atoms with Crippen molar-refractivity contribution in [2.75, 3.05) is 25.1 Å². The zero-order valence-electron chi connectivity index (χ0n) is 9.45. The number of carbonyl (C=O) groups is 1. The summed E-state index contributed by atoms with van der Waals surface area (Å²) in [4.78, 5) is 13.0. The predicted octanol–water partition coefficient (Wildman–Crippen LogP) is 2.07. The maximum absolute atomic E-state index is 10.6. The average molecular weight is 231 g/mol. The van der Waals surface area contributed by atoms with Crippen LogP contribution in [-0.2, 0) is 4.79 Å². The lowest BCUT2D eigenvalue weighted by atomic mass is 10.1. The van der Waals surface area contributed by atoms with Gasteiger partial charge in [0.2, 0.25) is 0 Å². The van der Waals surface area contributed by atoms with Crippen molar-refractivity contribution >= 4 is 17.7 Å². The van der Waals surface area contributed by atoms with Crippen molar-refractivity contribution in [3.63, 3.8) is 0 Å². The van der Waals surface area contributed by atoms with Gasteiger partial charge in [0.1, 0.15) is 0 Å². The molecule has 88 valence electrons. The molecule has 0 aromatic heterocycles. The Bertz CT molecular complexity index is 199. The number of nitrogens with zero attached hydrogens (tertiary/aromatic N) is 1. The number of unbranched alkanes of at least 4 members (excludes halogenated alkanes) is 1. The molecule has 0 aliphatic carbocycles. The van der Waals surface area contributed by atoms with Crippen LogP contribution in [0.4, 0.5) is 0 Å². The lowest BCUT2D eigenvalue weighted by Gasteiger charge is -2.22. The van der Waals surface area contributed by atoms with Crippen molar-refractivity contribution in [2.45, 2.75) is 38.1 Å². The molecule has 15 heavy (non-hydrogen) atoms. The van der Waals surface area contributed by atoms with Gasteiger partial charge in [0.05, 0.1) is 6.42 Å². The van der Waals surface area contributed by atoms with Gasteiger partial charge in [-0.05, 0) is 50.8 Å². The molecule has 3 nitrogen and oxygen atoms in total. The molecule has 0 spiro atoms. The van der Waals surface area contributed by atoms with Crippen LogP contribution >= 0.6 is 11.8 Å². The molecule has 0 radical (unpaired) electrons. The molecule has 1 unspecified atom stereocenters. The van der Waals surface area contributed by atoms with Gasteiger partial charge in [0.25, 0.3) is 0 Å². The highest BCUT2D eigenvalue weighted by Gasteiger charge is 2.25. The van der Waals surface area contributed by atoms with Gasteiger partial charge in [-0.25, -0.2) is 0 Å². The Kier molecular flexibility index (Phi) is 6.10. The number of aliphatic carboxylic acids is 1. The lowest BCUT2D eigenvalue weighted by molar-refractivity contribution is -0.138. The van der Waals surface area contributed by atoms with Gasteiger partial charge in [-0.1, -0.05) is 0 Å². The van der Waals surface area contributed by atoms with E-state index < -0.39 is 5.97 Å². The van der Waals surface area contributed by atoms with E-state index in [0.717, 1.165) is 19.5 Å². The number of hydrogen-bond donors (Lipinski definition) is 1. The van der Waals surface area contributed by atoms with E-state index in [0.29, 0.717) is 12.5 Å². The van der Waals surface area contributed by atoms with Gasteiger partial charge in [-0.15, -0.1) is 0 Å². The van der Waals surface area contributed by atoms with Gasteiger partial charge in [-0.3, -0.25) is 9.69 Å². The summed E-state index contributed by atoms with van der Waals surface area (Å²) >= 11 is 1.88. The second kappa shape index (κ2) is 7.12. The normalized spacial score (nSPS) is 22.1. The molecule has 4 heteroatoms. The van der Waals surface area contributed by atoms with E-state index >= 15 is 0 Å². The molecule has 0 aromatic rings. The summed E-state index contributed by atoms with van der Waals surface area (Å²) in [5.41, 5.74) is 0. The summed E-state index contributed by atoms with van der Waals surface area (Å²) in [5.74, 6) is 0.563. The maximum atomic E-state index is 10.6. The minimum absolute atomic E-state index is 0.303. The van der Waals surface area contributed by atoms with E-state index in [-0.39, 0.29) is 0 Å². The summed E-state index contributed by atoms with van der Waals surface area (Å²) < 4.78 is 0. The minimum atomic E-state index is -0.656. The highest BCUT2D eigenvalue weighted by atomic mass is 32.2. The molecule has 0 bridgehead atoms. The number of carboxylic acid groups (broad SMARTS) is 1. The second-order valence-corrected chi connectivity index (χ2v) is 5.12. The van der Waals surface area contributed by atoms with Gasteiger partial charge >= 0.3 is 5.97 Å². The summed E-state index contributed by atoms with van der Waals surface area (Å²) in [6.07, 6.45) is 7.13. The molecule has 0 aromatic carbocycles. The summed E-state index contributed by atoms with van der Waals surface area (Å²) in [7, 11) is 0. The van der Waals surface area contributed by atoms with Crippen molar-refractivity contribution in [2.24, 2.45) is 0 Å². The van der Waals surface area contributed by atoms with Crippen LogP contribution in [-0.4, -0.2) is 47.1 Å². The Morgan fingerprint density at radius 3 is 3.00 bits per heavy atom. The summed E-state index contributed by atoms with van der Waals surface area (Å²) in [6, 6.07) is 0.303. The quantitative estimate of drug-likeness (QED) is 0.681. The van der Waals surface area contributed by atoms with Gasteiger partial charge < -0.3 is 5.11 Å². The Hall–Kier alpha value is -0.220.